The zero-order valence-electron chi connectivity index (χ0n) is 24.6. The van der Waals surface area contributed by atoms with Crippen molar-refractivity contribution in [2.24, 2.45) is 11.1 Å². The zero-order valence-corrected chi connectivity index (χ0v) is 25.4. The normalized spacial score (nSPS) is 11.2. The van der Waals surface area contributed by atoms with Crippen molar-refractivity contribution in [2.75, 3.05) is 18.7 Å². The van der Waals surface area contributed by atoms with Crippen molar-refractivity contribution in [2.45, 2.75) is 27.3 Å². The number of aromatic carboxylic acids is 1. The number of amides is 1. The summed E-state index contributed by atoms with van der Waals surface area (Å²) in [4.78, 5) is 30.0. The van der Waals surface area contributed by atoms with E-state index in [1.807, 2.05) is 20.8 Å². The number of carboxylic acid groups (broad SMARTS) is 1. The lowest BCUT2D eigenvalue weighted by Gasteiger charge is -2.18. The number of aromatic nitrogens is 5. The molecule has 232 valence electrons. The van der Waals surface area contributed by atoms with Crippen molar-refractivity contribution >= 4 is 33.5 Å². The van der Waals surface area contributed by atoms with Crippen LogP contribution in [0.3, 0.4) is 0 Å². The molecule has 1 amide bonds. The van der Waals surface area contributed by atoms with E-state index in [-0.39, 0.29) is 34.0 Å². The summed E-state index contributed by atoms with van der Waals surface area (Å²) in [6.45, 7) is 6.67. The highest BCUT2D eigenvalue weighted by Crippen LogP contribution is 2.32. The number of ether oxygens (including phenoxy) is 1. The van der Waals surface area contributed by atoms with Crippen LogP contribution in [0.4, 0.5) is 5.69 Å². The van der Waals surface area contributed by atoms with E-state index in [0.717, 1.165) is 0 Å². The largest absolute Gasteiger partial charge is 0.481 e. The molecule has 0 radical (unpaired) electrons. The van der Waals surface area contributed by atoms with Crippen LogP contribution in [0.25, 0.3) is 22.5 Å². The number of pyridine rings is 1. The number of hydrogen-bond acceptors (Lipinski definition) is 10. The summed E-state index contributed by atoms with van der Waals surface area (Å²) in [6.07, 6.45) is 0.715. The number of benzene rings is 2. The first-order chi connectivity index (χ1) is 20.5. The molecule has 0 saturated carbocycles. The monoisotopic (exact) mass is 624 g/mol. The molecule has 0 fully saturated rings. The van der Waals surface area contributed by atoms with Gasteiger partial charge in [0.2, 0.25) is 5.88 Å². The lowest BCUT2D eigenvalue weighted by atomic mass is 9.95. The Morgan fingerprint density at radius 1 is 1.07 bits per heavy atom. The highest BCUT2D eigenvalue weighted by molar-refractivity contribution is 7.85. The third-order valence-electron chi connectivity index (χ3n) is 5.70. The third-order valence-corrected chi connectivity index (χ3v) is 5.70. The minimum atomic E-state index is -3.67. The summed E-state index contributed by atoms with van der Waals surface area (Å²) in [7, 11) is -2.25. The fourth-order valence-corrected chi connectivity index (χ4v) is 3.93. The third kappa shape index (κ3) is 9.14. The van der Waals surface area contributed by atoms with Crippen molar-refractivity contribution in [1.82, 2.24) is 25.2 Å². The number of nitrogens with two attached hydrogens (primary N) is 1. The Morgan fingerprint density at radius 2 is 1.68 bits per heavy atom. The van der Waals surface area contributed by atoms with Gasteiger partial charge >= 0.3 is 5.97 Å². The van der Waals surface area contributed by atoms with Gasteiger partial charge in [-0.2, -0.15) is 8.42 Å². The SMILES string of the molecule is COc1ccc(-c2ccc(-c3nnnn3CC(C)(C)C)cc2C(=O)O)c(C(=O)Nc2ccc(C(=N)N)cc2)n1.CS(=O)(=O)O. The number of tetrazole rings is 1. The molecule has 16 heteroatoms. The first kappa shape index (κ1) is 33.3. The molecule has 6 N–H and O–H groups in total. The molecule has 0 aliphatic heterocycles. The molecule has 4 rings (SSSR count). The van der Waals surface area contributed by atoms with Gasteiger partial charge in [0.15, 0.2) is 5.82 Å². The van der Waals surface area contributed by atoms with Gasteiger partial charge in [0.1, 0.15) is 11.5 Å². The molecule has 0 aliphatic rings. The Kier molecular flexibility index (Phi) is 10.1. The Labute approximate surface area is 253 Å². The summed E-state index contributed by atoms with van der Waals surface area (Å²) in [6, 6.07) is 14.4. The molecule has 2 heterocycles. The predicted octanol–water partition coefficient (Wildman–Crippen LogP) is 3.20. The van der Waals surface area contributed by atoms with Crippen molar-refractivity contribution in [3.63, 3.8) is 0 Å². The number of methoxy groups -OCH3 is 1. The van der Waals surface area contributed by atoms with E-state index in [9.17, 15) is 23.1 Å². The minimum Gasteiger partial charge on any atom is -0.481 e. The molecule has 2 aromatic heterocycles. The summed E-state index contributed by atoms with van der Waals surface area (Å²) in [5, 5.41) is 32.3. The van der Waals surface area contributed by atoms with Crippen LogP contribution in [0.15, 0.2) is 54.6 Å². The number of amidine groups is 1. The average molecular weight is 625 g/mol. The number of rotatable bonds is 8. The first-order valence-corrected chi connectivity index (χ1v) is 14.7. The molecular formula is C28H32N8O7S. The van der Waals surface area contributed by atoms with Crippen molar-refractivity contribution in [1.29, 1.82) is 5.41 Å². The predicted molar refractivity (Wildman–Crippen MR) is 162 cm³/mol. The van der Waals surface area contributed by atoms with Gasteiger partial charge in [-0.3, -0.25) is 14.8 Å². The fraction of sp³-hybridized carbons (Fsp3) is 0.250. The molecule has 0 atom stereocenters. The number of carbonyl (C=O) groups excluding carboxylic acids is 1. The molecule has 44 heavy (non-hydrogen) atoms. The van der Waals surface area contributed by atoms with Gasteiger partial charge in [0, 0.05) is 35.0 Å². The highest BCUT2D eigenvalue weighted by Gasteiger charge is 2.23. The van der Waals surface area contributed by atoms with Crippen LogP contribution in [0.5, 0.6) is 5.88 Å². The van der Waals surface area contributed by atoms with E-state index in [1.165, 1.54) is 13.2 Å². The highest BCUT2D eigenvalue weighted by atomic mass is 32.2. The second kappa shape index (κ2) is 13.4. The molecule has 0 unspecified atom stereocenters. The van der Waals surface area contributed by atoms with Crippen LogP contribution in [0.2, 0.25) is 0 Å². The number of hydrogen-bond donors (Lipinski definition) is 5. The van der Waals surface area contributed by atoms with E-state index in [2.05, 4.69) is 25.8 Å². The van der Waals surface area contributed by atoms with Gasteiger partial charge in [0.05, 0.1) is 18.9 Å². The number of nitrogens with one attached hydrogen (secondary N) is 2. The number of carboxylic acids is 1. The molecule has 0 saturated heterocycles. The summed E-state index contributed by atoms with van der Waals surface area (Å²) in [5.41, 5.74) is 7.36. The van der Waals surface area contributed by atoms with Gasteiger partial charge in [-0.1, -0.05) is 32.9 Å². The number of anilines is 1. The van der Waals surface area contributed by atoms with Crippen molar-refractivity contribution in [3.05, 3.63) is 71.4 Å². The van der Waals surface area contributed by atoms with E-state index >= 15 is 0 Å². The summed E-state index contributed by atoms with van der Waals surface area (Å²) >= 11 is 0. The molecule has 0 aliphatic carbocycles. The van der Waals surface area contributed by atoms with E-state index in [0.29, 0.717) is 41.0 Å². The molecule has 2 aromatic carbocycles. The van der Waals surface area contributed by atoms with E-state index < -0.39 is 22.0 Å². The minimum absolute atomic E-state index is 0.0298. The lowest BCUT2D eigenvalue weighted by molar-refractivity contribution is 0.0697. The Morgan fingerprint density at radius 3 is 2.23 bits per heavy atom. The maximum Gasteiger partial charge on any atom is 0.336 e. The van der Waals surface area contributed by atoms with Gasteiger partial charge in [-0.25, -0.2) is 14.5 Å². The van der Waals surface area contributed by atoms with E-state index in [1.54, 1.807) is 53.2 Å². The second-order valence-electron chi connectivity index (χ2n) is 10.7. The maximum atomic E-state index is 13.3. The molecule has 15 nitrogen and oxygen atoms in total. The fourth-order valence-electron chi connectivity index (χ4n) is 3.93. The van der Waals surface area contributed by atoms with E-state index in [4.69, 9.17) is 20.4 Å². The number of nitrogen functional groups attached to an aromatic ring is 1. The summed E-state index contributed by atoms with van der Waals surface area (Å²) < 4.78 is 32.7. The molecular weight excluding hydrogens is 592 g/mol. The lowest BCUT2D eigenvalue weighted by Crippen LogP contribution is -2.18. The maximum absolute atomic E-state index is 13.3. The Bertz CT molecular complexity index is 1790. The van der Waals surface area contributed by atoms with Crippen LogP contribution in [0.1, 0.15) is 47.2 Å². The van der Waals surface area contributed by atoms with Gasteiger partial charge in [0.25, 0.3) is 16.0 Å². The average Bonchev–Trinajstić information content (AvgIpc) is 3.38. The van der Waals surface area contributed by atoms with Gasteiger partial charge in [-0.15, -0.1) is 5.10 Å². The van der Waals surface area contributed by atoms with Gasteiger partial charge < -0.3 is 20.9 Å². The topological polar surface area (TPSA) is 236 Å². The Balaban J connectivity index is 0.000000978. The van der Waals surface area contributed by atoms with Crippen LogP contribution in [0, 0.1) is 10.8 Å². The van der Waals surface area contributed by atoms with Crippen LogP contribution < -0.4 is 15.8 Å². The van der Waals surface area contributed by atoms with Gasteiger partial charge in [-0.05, 0) is 57.8 Å². The smallest absolute Gasteiger partial charge is 0.336 e. The standard InChI is InChI=1S/C27H28N8O4.CH4O3S/c1-27(2,3)14-35-24(32-33-34-35)16-7-10-18(20(13-16)26(37)38)19-11-12-21(39-4)31-22(19)25(36)30-17-8-5-15(6-9-17)23(28)29;1-5(2,3)4/h5-13H,14H2,1-4H3,(H3,28,29)(H,30,36)(H,37,38);1H3,(H,2,3,4). The quantitative estimate of drug-likeness (QED) is 0.108. The second-order valence-corrected chi connectivity index (χ2v) is 12.2. The van der Waals surface area contributed by atoms with Crippen LogP contribution in [-0.2, 0) is 16.7 Å². The summed E-state index contributed by atoms with van der Waals surface area (Å²) in [5.74, 6) is -1.25. The van der Waals surface area contributed by atoms with Crippen molar-refractivity contribution < 1.29 is 32.4 Å². The van der Waals surface area contributed by atoms with Crippen LogP contribution in [-0.4, -0.2) is 74.3 Å². The number of nitrogens with zero attached hydrogens (tertiary/aromatic N) is 5. The zero-order chi connectivity index (χ0) is 32.8. The van der Waals surface area contributed by atoms with Crippen LogP contribution >= 0.6 is 0 Å². The Hall–Kier alpha value is -5.22. The van der Waals surface area contributed by atoms with Crippen molar-refractivity contribution in [3.8, 4) is 28.4 Å². The number of carbonyl (C=O) groups is 2. The molecule has 0 bridgehead atoms. The molecule has 4 aromatic rings. The first-order valence-electron chi connectivity index (χ1n) is 12.8. The molecule has 0 spiro atoms.